The van der Waals surface area contributed by atoms with E-state index in [9.17, 15) is 9.90 Å². The molecule has 1 aromatic carbocycles. The van der Waals surface area contributed by atoms with Gasteiger partial charge in [-0.15, -0.1) is 0 Å². The molecule has 1 aromatic heterocycles. The van der Waals surface area contributed by atoms with Crippen molar-refractivity contribution in [2.75, 3.05) is 26.7 Å². The van der Waals surface area contributed by atoms with Crippen molar-refractivity contribution in [3.63, 3.8) is 0 Å². The Kier molecular flexibility index (Phi) is 4.36. The van der Waals surface area contributed by atoms with E-state index in [1.807, 2.05) is 24.4 Å². The average molecular weight is 339 g/mol. The average Bonchev–Trinajstić information content (AvgIpc) is 3.05. The van der Waals surface area contributed by atoms with E-state index >= 15 is 0 Å². The van der Waals surface area contributed by atoms with E-state index in [2.05, 4.69) is 23.0 Å². The molecule has 4 rings (SSSR count). The number of aliphatic hydroxyl groups is 1. The highest BCUT2D eigenvalue weighted by Crippen LogP contribution is 2.30. The van der Waals surface area contributed by atoms with Gasteiger partial charge >= 0.3 is 0 Å². The van der Waals surface area contributed by atoms with Crippen LogP contribution >= 0.6 is 0 Å². The molecule has 1 saturated heterocycles. The van der Waals surface area contributed by atoms with Crippen LogP contribution in [-0.2, 0) is 0 Å². The molecule has 2 aliphatic heterocycles. The van der Waals surface area contributed by atoms with Gasteiger partial charge in [0.05, 0.1) is 0 Å². The molecule has 5 heteroatoms. The summed E-state index contributed by atoms with van der Waals surface area (Å²) in [7, 11) is 2.13. The minimum absolute atomic E-state index is 0.0707. The van der Waals surface area contributed by atoms with Gasteiger partial charge in [0.2, 0.25) is 0 Å². The Labute approximate surface area is 147 Å². The van der Waals surface area contributed by atoms with Gasteiger partial charge in [-0.2, -0.15) is 0 Å². The predicted octanol–water partition coefficient (Wildman–Crippen LogP) is 2.83. The summed E-state index contributed by atoms with van der Waals surface area (Å²) in [5, 5.41) is 11.2. The van der Waals surface area contributed by atoms with Gasteiger partial charge < -0.3 is 19.9 Å². The number of aliphatic hydroxyl groups excluding tert-OH is 1. The first-order valence-corrected chi connectivity index (χ1v) is 9.11. The highest BCUT2D eigenvalue weighted by molar-refractivity contribution is 6.01. The second-order valence-corrected chi connectivity index (χ2v) is 7.18. The Morgan fingerprint density at radius 3 is 2.92 bits per heavy atom. The van der Waals surface area contributed by atoms with Gasteiger partial charge in [-0.1, -0.05) is 6.08 Å². The Bertz CT molecular complexity index is 823. The van der Waals surface area contributed by atoms with Crippen LogP contribution in [0, 0.1) is 0 Å². The van der Waals surface area contributed by atoms with E-state index in [4.69, 9.17) is 0 Å². The minimum Gasteiger partial charge on any atom is -0.374 e. The zero-order chi connectivity index (χ0) is 17.4. The summed E-state index contributed by atoms with van der Waals surface area (Å²) in [5.41, 5.74) is 4.23. The number of amides is 1. The van der Waals surface area contributed by atoms with Crippen molar-refractivity contribution in [3.05, 3.63) is 41.6 Å². The van der Waals surface area contributed by atoms with Crippen molar-refractivity contribution in [1.29, 1.82) is 0 Å². The molecule has 3 heterocycles. The van der Waals surface area contributed by atoms with E-state index in [0.717, 1.165) is 43.3 Å². The molecule has 1 fully saturated rings. The van der Waals surface area contributed by atoms with Crippen LogP contribution in [0.2, 0.25) is 0 Å². The summed E-state index contributed by atoms with van der Waals surface area (Å²) >= 11 is 0. The minimum atomic E-state index is -0.653. The molecule has 1 amide bonds. The number of aromatic amines is 1. The van der Waals surface area contributed by atoms with Crippen LogP contribution in [0.4, 0.5) is 0 Å². The fourth-order valence-electron chi connectivity index (χ4n) is 3.85. The van der Waals surface area contributed by atoms with Crippen molar-refractivity contribution >= 4 is 22.4 Å². The van der Waals surface area contributed by atoms with Crippen LogP contribution in [0.1, 0.15) is 41.6 Å². The molecule has 2 aromatic rings. The van der Waals surface area contributed by atoms with E-state index in [0.29, 0.717) is 18.5 Å². The van der Waals surface area contributed by atoms with Crippen LogP contribution in [0.5, 0.6) is 0 Å². The normalized spacial score (nSPS) is 22.2. The number of aromatic nitrogens is 1. The van der Waals surface area contributed by atoms with Crippen LogP contribution in [0.15, 0.2) is 30.5 Å². The zero-order valence-electron chi connectivity index (χ0n) is 14.7. The molecule has 132 valence electrons. The third-order valence-corrected chi connectivity index (χ3v) is 5.42. The van der Waals surface area contributed by atoms with E-state index in [-0.39, 0.29) is 5.91 Å². The molecule has 0 bridgehead atoms. The molecule has 2 N–H and O–H groups in total. The van der Waals surface area contributed by atoms with Gasteiger partial charge in [-0.25, -0.2) is 0 Å². The number of hydrogen-bond donors (Lipinski definition) is 2. The number of carbonyl (C=O) groups excluding carboxylic acids is 1. The monoisotopic (exact) mass is 339 g/mol. The van der Waals surface area contributed by atoms with Gasteiger partial charge in [0.15, 0.2) is 0 Å². The van der Waals surface area contributed by atoms with Crippen molar-refractivity contribution in [3.8, 4) is 0 Å². The molecule has 1 unspecified atom stereocenters. The Balaban J connectivity index is 1.67. The fraction of sp³-hybridized carbons (Fsp3) is 0.450. The number of likely N-dealkylation sites (tertiary alicyclic amines) is 1. The van der Waals surface area contributed by atoms with Crippen LogP contribution in [0.25, 0.3) is 16.5 Å². The summed E-state index contributed by atoms with van der Waals surface area (Å²) in [5.74, 6) is -0.0707. The molecule has 1 atom stereocenters. The van der Waals surface area contributed by atoms with Crippen molar-refractivity contribution in [2.45, 2.75) is 31.9 Å². The highest BCUT2D eigenvalue weighted by Gasteiger charge is 2.26. The molecule has 5 nitrogen and oxygen atoms in total. The smallest absolute Gasteiger partial charge is 0.255 e. The standard InChI is InChI=1S/C20H25N3O2/c1-22-10-7-14(8-11-22)17-13-21-18-6-5-15(12-16(17)18)20(25)23-9-3-2-4-19(23)24/h5-7,12-13,19,21,24H,2-4,8-11H2,1H3. The highest BCUT2D eigenvalue weighted by atomic mass is 16.3. The lowest BCUT2D eigenvalue weighted by atomic mass is 9.98. The fourth-order valence-corrected chi connectivity index (χ4v) is 3.85. The summed E-state index contributed by atoms with van der Waals surface area (Å²) in [6.45, 7) is 2.65. The van der Waals surface area contributed by atoms with E-state index < -0.39 is 6.23 Å². The van der Waals surface area contributed by atoms with E-state index in [1.54, 1.807) is 4.90 Å². The third-order valence-electron chi connectivity index (χ3n) is 5.42. The number of fused-ring (bicyclic) bond motifs is 1. The van der Waals surface area contributed by atoms with Crippen LogP contribution in [-0.4, -0.2) is 58.7 Å². The topological polar surface area (TPSA) is 59.6 Å². The molecule has 25 heavy (non-hydrogen) atoms. The van der Waals surface area contributed by atoms with Crippen LogP contribution in [0.3, 0.4) is 0 Å². The number of rotatable bonds is 2. The summed E-state index contributed by atoms with van der Waals surface area (Å²) in [6, 6.07) is 5.80. The van der Waals surface area contributed by atoms with Gasteiger partial charge in [-0.05, 0) is 56.5 Å². The first-order chi connectivity index (χ1) is 12.1. The second-order valence-electron chi connectivity index (χ2n) is 7.18. The first-order valence-electron chi connectivity index (χ1n) is 9.11. The van der Waals surface area contributed by atoms with Crippen molar-refractivity contribution in [1.82, 2.24) is 14.8 Å². The lowest BCUT2D eigenvalue weighted by Gasteiger charge is -2.32. The molecule has 0 aliphatic carbocycles. The number of piperidine rings is 1. The molecule has 0 saturated carbocycles. The molecule has 0 radical (unpaired) electrons. The van der Waals surface area contributed by atoms with Crippen molar-refractivity contribution in [2.24, 2.45) is 0 Å². The molecule has 2 aliphatic rings. The Morgan fingerprint density at radius 2 is 2.16 bits per heavy atom. The van der Waals surface area contributed by atoms with Gasteiger partial charge in [-0.3, -0.25) is 4.79 Å². The maximum absolute atomic E-state index is 12.8. The SMILES string of the molecule is CN1CC=C(c2c[nH]c3ccc(C(=O)N4CCCCC4O)cc23)CC1. The number of H-pyrrole nitrogens is 1. The number of likely N-dealkylation sites (N-methyl/N-ethyl adjacent to an activating group) is 1. The lowest BCUT2D eigenvalue weighted by molar-refractivity contribution is -0.0120. The molecule has 0 spiro atoms. The van der Waals surface area contributed by atoms with Gasteiger partial charge in [0, 0.05) is 47.9 Å². The van der Waals surface area contributed by atoms with Gasteiger partial charge in [0.25, 0.3) is 5.91 Å². The quantitative estimate of drug-likeness (QED) is 0.884. The summed E-state index contributed by atoms with van der Waals surface area (Å²) < 4.78 is 0. The molecular weight excluding hydrogens is 314 g/mol. The number of benzene rings is 1. The van der Waals surface area contributed by atoms with E-state index in [1.165, 1.54) is 11.1 Å². The third kappa shape index (κ3) is 3.10. The number of carbonyl (C=O) groups is 1. The van der Waals surface area contributed by atoms with Gasteiger partial charge in [0.1, 0.15) is 6.23 Å². The summed E-state index contributed by atoms with van der Waals surface area (Å²) in [6.07, 6.45) is 7.30. The maximum Gasteiger partial charge on any atom is 0.255 e. The summed E-state index contributed by atoms with van der Waals surface area (Å²) in [4.78, 5) is 20.1. The Morgan fingerprint density at radius 1 is 1.28 bits per heavy atom. The number of hydrogen-bond acceptors (Lipinski definition) is 3. The maximum atomic E-state index is 12.8. The van der Waals surface area contributed by atoms with Crippen LogP contribution < -0.4 is 0 Å². The number of nitrogens with zero attached hydrogens (tertiary/aromatic N) is 2. The molecular formula is C20H25N3O2. The lowest BCUT2D eigenvalue weighted by Crippen LogP contribution is -2.43. The Hall–Kier alpha value is -2.11. The predicted molar refractivity (Wildman–Crippen MR) is 99.3 cm³/mol. The zero-order valence-corrected chi connectivity index (χ0v) is 14.7. The number of nitrogens with one attached hydrogen (secondary N) is 1. The first kappa shape index (κ1) is 16.4. The largest absolute Gasteiger partial charge is 0.374 e. The van der Waals surface area contributed by atoms with Crippen molar-refractivity contribution < 1.29 is 9.90 Å². The second kappa shape index (κ2) is 6.65.